The number of aryl methyl sites for hydroxylation is 1. The van der Waals surface area contributed by atoms with E-state index in [0.717, 1.165) is 57.8 Å². The molecule has 0 radical (unpaired) electrons. The zero-order valence-electron chi connectivity index (χ0n) is 20.4. The number of hydrogen-bond donors (Lipinski definition) is 0. The summed E-state index contributed by atoms with van der Waals surface area (Å²) in [5.41, 5.74) is 6.46. The molecule has 34 heavy (non-hydrogen) atoms. The molecule has 1 fully saturated rings. The van der Waals surface area contributed by atoms with E-state index in [1.54, 1.807) is 6.92 Å². The zero-order valence-corrected chi connectivity index (χ0v) is 20.4. The lowest BCUT2D eigenvalue weighted by molar-refractivity contribution is -0.129. The highest BCUT2D eigenvalue weighted by Crippen LogP contribution is 2.40. The maximum absolute atomic E-state index is 12.2. The van der Waals surface area contributed by atoms with Crippen molar-refractivity contribution in [3.8, 4) is 0 Å². The van der Waals surface area contributed by atoms with Crippen molar-refractivity contribution in [3.63, 3.8) is 0 Å². The van der Waals surface area contributed by atoms with Crippen molar-refractivity contribution in [2.24, 2.45) is 5.10 Å². The van der Waals surface area contributed by atoms with Gasteiger partial charge in [-0.15, -0.1) is 0 Å². The summed E-state index contributed by atoms with van der Waals surface area (Å²) in [5.74, 6) is 1.48. The number of hydrogen-bond acceptors (Lipinski definition) is 6. The van der Waals surface area contributed by atoms with E-state index < -0.39 is 0 Å². The number of rotatable bonds is 3. The third-order valence-electron chi connectivity index (χ3n) is 8.14. The van der Waals surface area contributed by atoms with Crippen LogP contribution in [0.5, 0.6) is 0 Å². The Balaban J connectivity index is 1.39. The minimum atomic E-state index is 0.134. The fraction of sp³-hybridized carbons (Fsp3) is 0.577. The van der Waals surface area contributed by atoms with Crippen molar-refractivity contribution >= 4 is 23.6 Å². The number of carbonyl (C=O) groups excluding carboxylic acids is 1. The Morgan fingerprint density at radius 3 is 2.82 bits per heavy atom. The molecule has 0 saturated carbocycles. The van der Waals surface area contributed by atoms with Gasteiger partial charge in [0.05, 0.1) is 25.2 Å². The number of benzene rings is 1. The molecule has 5 heterocycles. The van der Waals surface area contributed by atoms with Gasteiger partial charge in [-0.25, -0.2) is 0 Å². The molecule has 0 aliphatic carbocycles. The van der Waals surface area contributed by atoms with Crippen molar-refractivity contribution in [1.82, 2.24) is 19.7 Å². The zero-order chi connectivity index (χ0) is 23.4. The van der Waals surface area contributed by atoms with Crippen molar-refractivity contribution in [2.45, 2.75) is 64.1 Å². The lowest BCUT2D eigenvalue weighted by Gasteiger charge is -2.33. The van der Waals surface area contributed by atoms with E-state index in [-0.39, 0.29) is 11.9 Å². The molecule has 180 valence electrons. The highest BCUT2D eigenvalue weighted by Gasteiger charge is 2.34. The summed E-state index contributed by atoms with van der Waals surface area (Å²) in [5, 5.41) is 11.8. The third kappa shape index (κ3) is 3.50. The second kappa shape index (κ2) is 8.41. The summed E-state index contributed by atoms with van der Waals surface area (Å²) in [6, 6.07) is 7.58. The van der Waals surface area contributed by atoms with Crippen LogP contribution in [0.4, 0.5) is 11.5 Å². The van der Waals surface area contributed by atoms with Gasteiger partial charge in [-0.05, 0) is 43.4 Å². The van der Waals surface area contributed by atoms with Gasteiger partial charge < -0.3 is 14.5 Å². The fourth-order valence-corrected chi connectivity index (χ4v) is 5.98. The molecule has 3 unspecified atom stereocenters. The molecule has 2 aromatic rings. The number of ether oxygens (including phenoxy) is 1. The molecule has 8 nitrogen and oxygen atoms in total. The molecule has 6 rings (SSSR count). The predicted octanol–water partition coefficient (Wildman–Crippen LogP) is 3.24. The minimum absolute atomic E-state index is 0.134. The van der Waals surface area contributed by atoms with E-state index in [9.17, 15) is 4.79 Å². The average molecular weight is 463 g/mol. The first-order valence-electron chi connectivity index (χ1n) is 12.6. The summed E-state index contributed by atoms with van der Waals surface area (Å²) >= 11 is 0. The summed E-state index contributed by atoms with van der Waals surface area (Å²) < 4.78 is 7.92. The van der Waals surface area contributed by atoms with E-state index >= 15 is 0 Å². The van der Waals surface area contributed by atoms with Gasteiger partial charge in [0.25, 0.3) is 0 Å². The Labute approximate surface area is 201 Å². The van der Waals surface area contributed by atoms with Gasteiger partial charge in [0, 0.05) is 69.2 Å². The first kappa shape index (κ1) is 21.6. The number of nitrogens with zero attached hydrogens (tertiary/aromatic N) is 6. The van der Waals surface area contributed by atoms with Crippen LogP contribution in [0.3, 0.4) is 0 Å². The smallest absolute Gasteiger partial charge is 0.219 e. The quantitative estimate of drug-likeness (QED) is 0.701. The van der Waals surface area contributed by atoms with E-state index in [4.69, 9.17) is 9.84 Å². The molecular formula is C26H34N6O2. The first-order valence-corrected chi connectivity index (χ1v) is 12.6. The Hall–Kier alpha value is -2.87. The minimum Gasteiger partial charge on any atom is -0.379 e. The molecule has 3 atom stereocenters. The van der Waals surface area contributed by atoms with Crippen LogP contribution < -0.4 is 4.90 Å². The van der Waals surface area contributed by atoms with Crippen molar-refractivity contribution in [1.29, 1.82) is 0 Å². The van der Waals surface area contributed by atoms with Crippen molar-refractivity contribution < 1.29 is 9.53 Å². The monoisotopic (exact) mass is 462 g/mol. The van der Waals surface area contributed by atoms with Crippen molar-refractivity contribution in [2.75, 3.05) is 38.3 Å². The molecular weight excluding hydrogens is 428 g/mol. The number of aromatic nitrogens is 2. The fourth-order valence-electron chi connectivity index (χ4n) is 5.98. The third-order valence-corrected chi connectivity index (χ3v) is 8.14. The molecule has 4 aliphatic rings. The van der Waals surface area contributed by atoms with Gasteiger partial charge in [-0.3, -0.25) is 14.5 Å². The molecule has 8 heteroatoms. The molecule has 0 bridgehead atoms. The number of amides is 1. The molecule has 4 aliphatic heterocycles. The van der Waals surface area contributed by atoms with E-state index in [1.807, 2.05) is 17.0 Å². The van der Waals surface area contributed by atoms with Crippen LogP contribution in [0.25, 0.3) is 0 Å². The van der Waals surface area contributed by atoms with Crippen LogP contribution in [0, 0.1) is 0 Å². The van der Waals surface area contributed by atoms with E-state index in [0.29, 0.717) is 18.5 Å². The van der Waals surface area contributed by atoms with Gasteiger partial charge in [0.15, 0.2) is 5.82 Å². The number of fused-ring (bicyclic) bond motifs is 2. The standard InChI is InChI=1S/C26H34N6O2/c1-17-22(14-27-29(17)3)19-6-7-24-20(13-19)5-4-10-31(24)26-23-15-30(18(2)33)11-8-25(23)32(28-26)21-9-12-34-16-21/h6-7,13-14,17,21-22H,4-5,8-12,15-16H2,1-3H3. The molecule has 1 aromatic carbocycles. The summed E-state index contributed by atoms with van der Waals surface area (Å²) in [6.07, 6.45) is 6.09. The van der Waals surface area contributed by atoms with Crippen LogP contribution in [-0.2, 0) is 28.9 Å². The van der Waals surface area contributed by atoms with Crippen LogP contribution >= 0.6 is 0 Å². The highest BCUT2D eigenvalue weighted by atomic mass is 16.5. The van der Waals surface area contributed by atoms with Gasteiger partial charge in [0.2, 0.25) is 5.91 Å². The van der Waals surface area contributed by atoms with E-state index in [1.165, 1.54) is 28.1 Å². The SMILES string of the molecule is CC(=O)N1CCc2c(c(N3CCCc4cc(C5C=NN(C)C5C)ccc43)nn2C2CCOC2)C1. The summed E-state index contributed by atoms with van der Waals surface area (Å²) in [7, 11) is 2.04. The Morgan fingerprint density at radius 1 is 1.21 bits per heavy atom. The average Bonchev–Trinajstić information content (AvgIpc) is 3.58. The number of carbonyl (C=O) groups is 1. The Kier molecular flexibility index (Phi) is 5.36. The van der Waals surface area contributed by atoms with Crippen LogP contribution in [0.2, 0.25) is 0 Å². The maximum Gasteiger partial charge on any atom is 0.219 e. The Morgan fingerprint density at radius 2 is 2.09 bits per heavy atom. The molecule has 1 saturated heterocycles. The number of anilines is 2. The summed E-state index contributed by atoms with van der Waals surface area (Å²) in [6.45, 7) is 7.76. The van der Waals surface area contributed by atoms with Gasteiger partial charge >= 0.3 is 0 Å². The van der Waals surface area contributed by atoms with Gasteiger partial charge in [-0.2, -0.15) is 10.2 Å². The second-order valence-corrected chi connectivity index (χ2v) is 10.1. The van der Waals surface area contributed by atoms with Crippen LogP contribution in [0.1, 0.15) is 61.0 Å². The van der Waals surface area contributed by atoms with Gasteiger partial charge in [0.1, 0.15) is 0 Å². The lowest BCUT2D eigenvalue weighted by atomic mass is 9.90. The normalized spacial score (nSPS) is 26.2. The van der Waals surface area contributed by atoms with Crippen molar-refractivity contribution in [3.05, 3.63) is 40.6 Å². The largest absolute Gasteiger partial charge is 0.379 e. The topological polar surface area (TPSA) is 66.2 Å². The maximum atomic E-state index is 12.2. The first-order chi connectivity index (χ1) is 16.5. The summed E-state index contributed by atoms with van der Waals surface area (Å²) in [4.78, 5) is 16.6. The highest BCUT2D eigenvalue weighted by molar-refractivity contribution is 5.76. The van der Waals surface area contributed by atoms with Crippen LogP contribution in [0.15, 0.2) is 23.3 Å². The number of likely N-dealkylation sites (N-methyl/N-ethyl adjacent to an activating group) is 1. The molecule has 0 spiro atoms. The molecule has 0 N–H and O–H groups in total. The predicted molar refractivity (Wildman–Crippen MR) is 132 cm³/mol. The van der Waals surface area contributed by atoms with Crippen LogP contribution in [-0.4, -0.2) is 71.2 Å². The van der Waals surface area contributed by atoms with E-state index in [2.05, 4.69) is 46.0 Å². The lowest BCUT2D eigenvalue weighted by Crippen LogP contribution is -2.35. The molecule has 1 aromatic heterocycles. The second-order valence-electron chi connectivity index (χ2n) is 10.1. The van der Waals surface area contributed by atoms with Gasteiger partial charge in [-0.1, -0.05) is 12.1 Å². The Bertz CT molecular complexity index is 1130. The number of hydrazone groups is 1. The molecule has 1 amide bonds.